The van der Waals surface area contributed by atoms with Crippen LogP contribution in [0.15, 0.2) is 42.5 Å². The minimum atomic E-state index is 0.541. The van der Waals surface area contributed by atoms with E-state index in [1.165, 1.54) is 5.56 Å². The van der Waals surface area contributed by atoms with Gasteiger partial charge < -0.3 is 15.2 Å². The van der Waals surface area contributed by atoms with E-state index in [2.05, 4.69) is 29.2 Å². The van der Waals surface area contributed by atoms with Gasteiger partial charge in [-0.25, -0.2) is 0 Å². The summed E-state index contributed by atoms with van der Waals surface area (Å²) in [6, 6.07) is 14.3. The molecule has 5 heteroatoms. The average molecular weight is 333 g/mol. The fraction of sp³-hybridized carbons (Fsp3) is 0.333. The molecule has 0 amide bonds. The zero-order valence-corrected chi connectivity index (χ0v) is 13.8. The molecule has 1 heterocycles. The van der Waals surface area contributed by atoms with E-state index in [9.17, 15) is 0 Å². The number of hydrogen-bond acceptors (Lipinski definition) is 4. The molecule has 0 radical (unpaired) electrons. The quantitative estimate of drug-likeness (QED) is 0.883. The predicted octanol–water partition coefficient (Wildman–Crippen LogP) is 3.07. The Balaban J connectivity index is 1.76. The van der Waals surface area contributed by atoms with E-state index < -0.39 is 0 Å². The Labute approximate surface area is 141 Å². The van der Waals surface area contributed by atoms with Crippen LogP contribution in [-0.4, -0.2) is 31.2 Å². The highest BCUT2D eigenvalue weighted by atomic mass is 35.5. The summed E-state index contributed by atoms with van der Waals surface area (Å²) in [7, 11) is 0. The van der Waals surface area contributed by atoms with Crippen LogP contribution in [0.1, 0.15) is 11.1 Å². The Morgan fingerprint density at radius 1 is 1.00 bits per heavy atom. The van der Waals surface area contributed by atoms with Gasteiger partial charge in [-0.05, 0) is 23.3 Å². The summed E-state index contributed by atoms with van der Waals surface area (Å²) in [5.74, 6) is 1.38. The van der Waals surface area contributed by atoms with E-state index in [-0.39, 0.29) is 0 Å². The molecular weight excluding hydrogens is 312 g/mol. The molecule has 1 aliphatic heterocycles. The van der Waals surface area contributed by atoms with Gasteiger partial charge in [-0.15, -0.1) is 0 Å². The van der Waals surface area contributed by atoms with Gasteiger partial charge in [-0.1, -0.05) is 41.9 Å². The van der Waals surface area contributed by atoms with Gasteiger partial charge in [0.25, 0.3) is 0 Å². The fourth-order valence-corrected chi connectivity index (χ4v) is 3.04. The zero-order chi connectivity index (χ0) is 16.1. The van der Waals surface area contributed by atoms with Gasteiger partial charge in [0.2, 0.25) is 0 Å². The molecule has 2 aromatic rings. The zero-order valence-electron chi connectivity index (χ0n) is 13.0. The molecule has 0 aliphatic carbocycles. The second kappa shape index (κ2) is 7.68. The van der Waals surface area contributed by atoms with Crippen molar-refractivity contribution in [1.29, 1.82) is 0 Å². The van der Waals surface area contributed by atoms with E-state index in [0.29, 0.717) is 30.5 Å². The van der Waals surface area contributed by atoms with Gasteiger partial charge >= 0.3 is 0 Å². The summed E-state index contributed by atoms with van der Waals surface area (Å²) in [5, 5.41) is 0.601. The van der Waals surface area contributed by atoms with Crippen LogP contribution in [0.4, 0.5) is 0 Å². The standard InChI is InChI=1S/C18H21ClN2O2/c19-16-10-15(11-17-18(16)23-9-8-22-17)13-21(7-6-20)12-14-4-2-1-3-5-14/h1-5,10-11H,6-9,12-13,20H2. The monoisotopic (exact) mass is 332 g/mol. The molecular formula is C18H21ClN2O2. The lowest BCUT2D eigenvalue weighted by atomic mass is 10.1. The number of benzene rings is 2. The molecule has 122 valence electrons. The number of nitrogens with two attached hydrogens (primary N) is 1. The second-order valence-electron chi connectivity index (χ2n) is 5.59. The van der Waals surface area contributed by atoms with Crippen molar-refractivity contribution in [3.63, 3.8) is 0 Å². The van der Waals surface area contributed by atoms with Crippen LogP contribution < -0.4 is 15.2 Å². The molecule has 0 aromatic heterocycles. The first-order chi connectivity index (χ1) is 11.3. The lowest BCUT2D eigenvalue weighted by Crippen LogP contribution is -2.28. The molecule has 2 aromatic carbocycles. The molecule has 3 rings (SSSR count). The number of hydrogen-bond donors (Lipinski definition) is 1. The highest BCUT2D eigenvalue weighted by Gasteiger charge is 2.17. The maximum Gasteiger partial charge on any atom is 0.179 e. The molecule has 1 aliphatic rings. The third-order valence-electron chi connectivity index (χ3n) is 3.76. The smallest absolute Gasteiger partial charge is 0.179 e. The SMILES string of the molecule is NCCN(Cc1ccccc1)Cc1cc(Cl)c2c(c1)OCCO2. The third kappa shape index (κ3) is 4.16. The van der Waals surface area contributed by atoms with Crippen molar-refractivity contribution in [2.45, 2.75) is 13.1 Å². The van der Waals surface area contributed by atoms with Crippen LogP contribution in [0.5, 0.6) is 11.5 Å². The average Bonchev–Trinajstić information content (AvgIpc) is 2.56. The highest BCUT2D eigenvalue weighted by molar-refractivity contribution is 6.32. The Morgan fingerprint density at radius 2 is 1.74 bits per heavy atom. The van der Waals surface area contributed by atoms with Crippen molar-refractivity contribution in [3.05, 3.63) is 58.6 Å². The van der Waals surface area contributed by atoms with Crippen LogP contribution >= 0.6 is 11.6 Å². The minimum absolute atomic E-state index is 0.541. The molecule has 23 heavy (non-hydrogen) atoms. The van der Waals surface area contributed by atoms with Gasteiger partial charge in [0.15, 0.2) is 11.5 Å². The number of halogens is 1. The summed E-state index contributed by atoms with van der Waals surface area (Å²) in [6.07, 6.45) is 0. The van der Waals surface area contributed by atoms with Crippen molar-refractivity contribution in [2.24, 2.45) is 5.73 Å². The Bertz CT molecular complexity index is 649. The van der Waals surface area contributed by atoms with E-state index in [1.807, 2.05) is 18.2 Å². The van der Waals surface area contributed by atoms with Crippen molar-refractivity contribution in [2.75, 3.05) is 26.3 Å². The van der Waals surface area contributed by atoms with Crippen molar-refractivity contribution >= 4 is 11.6 Å². The van der Waals surface area contributed by atoms with E-state index in [1.54, 1.807) is 0 Å². The molecule has 0 saturated carbocycles. The van der Waals surface area contributed by atoms with Crippen LogP contribution in [0, 0.1) is 0 Å². The summed E-state index contributed by atoms with van der Waals surface area (Å²) in [6.45, 7) is 4.15. The summed E-state index contributed by atoms with van der Waals surface area (Å²) >= 11 is 6.32. The third-order valence-corrected chi connectivity index (χ3v) is 4.04. The lowest BCUT2D eigenvalue weighted by Gasteiger charge is -2.24. The number of nitrogens with zero attached hydrogens (tertiary/aromatic N) is 1. The first-order valence-electron chi connectivity index (χ1n) is 7.80. The number of fused-ring (bicyclic) bond motifs is 1. The lowest BCUT2D eigenvalue weighted by molar-refractivity contribution is 0.171. The molecule has 0 unspecified atom stereocenters. The van der Waals surface area contributed by atoms with Crippen LogP contribution in [0.2, 0.25) is 5.02 Å². The maximum absolute atomic E-state index is 6.32. The summed E-state index contributed by atoms with van der Waals surface area (Å²) in [4.78, 5) is 2.30. The molecule has 0 bridgehead atoms. The van der Waals surface area contributed by atoms with Crippen LogP contribution in [0.3, 0.4) is 0 Å². The van der Waals surface area contributed by atoms with E-state index >= 15 is 0 Å². The Kier molecular flexibility index (Phi) is 5.39. The van der Waals surface area contributed by atoms with Gasteiger partial charge in [0, 0.05) is 26.2 Å². The first-order valence-corrected chi connectivity index (χ1v) is 8.18. The summed E-state index contributed by atoms with van der Waals surface area (Å²) < 4.78 is 11.2. The molecule has 4 nitrogen and oxygen atoms in total. The Hall–Kier alpha value is -1.75. The molecule has 0 spiro atoms. The normalized spacial score (nSPS) is 13.3. The van der Waals surface area contributed by atoms with Gasteiger partial charge in [-0.3, -0.25) is 4.90 Å². The Morgan fingerprint density at radius 3 is 2.52 bits per heavy atom. The van der Waals surface area contributed by atoms with E-state index in [0.717, 1.165) is 30.9 Å². The van der Waals surface area contributed by atoms with Crippen LogP contribution in [0.25, 0.3) is 0 Å². The number of rotatable bonds is 6. The number of ether oxygens (including phenoxy) is 2. The van der Waals surface area contributed by atoms with Crippen LogP contribution in [-0.2, 0) is 13.1 Å². The minimum Gasteiger partial charge on any atom is -0.486 e. The molecule has 2 N–H and O–H groups in total. The van der Waals surface area contributed by atoms with Crippen molar-refractivity contribution in [3.8, 4) is 11.5 Å². The predicted molar refractivity (Wildman–Crippen MR) is 92.1 cm³/mol. The topological polar surface area (TPSA) is 47.7 Å². The van der Waals surface area contributed by atoms with Crippen molar-refractivity contribution < 1.29 is 9.47 Å². The second-order valence-corrected chi connectivity index (χ2v) is 5.99. The van der Waals surface area contributed by atoms with Gasteiger partial charge in [0.1, 0.15) is 13.2 Å². The summed E-state index contributed by atoms with van der Waals surface area (Å²) in [5.41, 5.74) is 8.13. The molecule has 0 fully saturated rings. The van der Waals surface area contributed by atoms with Gasteiger partial charge in [0.05, 0.1) is 5.02 Å². The molecule has 0 saturated heterocycles. The largest absolute Gasteiger partial charge is 0.486 e. The fourth-order valence-electron chi connectivity index (χ4n) is 2.75. The van der Waals surface area contributed by atoms with E-state index in [4.69, 9.17) is 26.8 Å². The maximum atomic E-state index is 6.32. The van der Waals surface area contributed by atoms with Gasteiger partial charge in [-0.2, -0.15) is 0 Å². The first kappa shape index (κ1) is 16.1. The highest BCUT2D eigenvalue weighted by Crippen LogP contribution is 2.38. The van der Waals surface area contributed by atoms with Crippen molar-refractivity contribution in [1.82, 2.24) is 4.90 Å². The molecule has 0 atom stereocenters.